The van der Waals surface area contributed by atoms with Crippen molar-refractivity contribution in [3.63, 3.8) is 0 Å². The van der Waals surface area contributed by atoms with E-state index in [1.807, 2.05) is 0 Å². The van der Waals surface area contributed by atoms with E-state index in [4.69, 9.17) is 4.74 Å². The molecule has 0 radical (unpaired) electrons. The van der Waals surface area contributed by atoms with Crippen molar-refractivity contribution in [3.8, 4) is 0 Å². The summed E-state index contributed by atoms with van der Waals surface area (Å²) in [6.45, 7) is 3.26. The Balaban J connectivity index is 2.05. The zero-order chi connectivity index (χ0) is 16.3. The van der Waals surface area contributed by atoms with Gasteiger partial charge in [-0.15, -0.1) is 0 Å². The number of carbonyl (C=O) groups excluding carboxylic acids is 1. The summed E-state index contributed by atoms with van der Waals surface area (Å²) in [4.78, 5) is 22.4. The average molecular weight is 308 g/mol. The van der Waals surface area contributed by atoms with E-state index in [9.17, 15) is 14.9 Å². The Morgan fingerprint density at radius 3 is 2.82 bits per heavy atom. The second kappa shape index (κ2) is 6.35. The molecule has 2 aromatic heterocycles. The van der Waals surface area contributed by atoms with Crippen LogP contribution in [-0.4, -0.2) is 37.5 Å². The first kappa shape index (κ1) is 15.6. The minimum absolute atomic E-state index is 0.0688. The number of hydrogen-bond donors (Lipinski definition) is 1. The topological polar surface area (TPSA) is 117 Å². The molecular formula is C12H16N6O4. The first-order valence-electron chi connectivity index (χ1n) is 6.42. The van der Waals surface area contributed by atoms with Crippen molar-refractivity contribution in [1.29, 1.82) is 0 Å². The third-order valence-electron chi connectivity index (χ3n) is 3.00. The molecule has 2 rings (SSSR count). The number of aryl methyl sites for hydroxylation is 1. The van der Waals surface area contributed by atoms with E-state index in [2.05, 4.69) is 15.5 Å². The molecule has 10 nitrogen and oxygen atoms in total. The van der Waals surface area contributed by atoms with Crippen molar-refractivity contribution in [2.75, 3.05) is 12.4 Å². The van der Waals surface area contributed by atoms with Crippen LogP contribution in [0.3, 0.4) is 0 Å². The van der Waals surface area contributed by atoms with E-state index >= 15 is 0 Å². The Morgan fingerprint density at radius 2 is 2.23 bits per heavy atom. The number of ether oxygens (including phenoxy) is 1. The van der Waals surface area contributed by atoms with Crippen molar-refractivity contribution in [1.82, 2.24) is 19.6 Å². The molecule has 0 aromatic carbocycles. The van der Waals surface area contributed by atoms with Crippen LogP contribution in [0.5, 0.6) is 0 Å². The van der Waals surface area contributed by atoms with Crippen molar-refractivity contribution >= 4 is 17.3 Å². The number of carbonyl (C=O) groups is 1. The highest BCUT2D eigenvalue weighted by Gasteiger charge is 2.22. The van der Waals surface area contributed by atoms with E-state index in [1.54, 1.807) is 13.1 Å². The normalized spacial score (nSPS) is 10.7. The van der Waals surface area contributed by atoms with Crippen LogP contribution in [0.2, 0.25) is 0 Å². The summed E-state index contributed by atoms with van der Waals surface area (Å²) in [5.74, 6) is -0.350. The number of hydrogen-bond acceptors (Lipinski definition) is 6. The minimum Gasteiger partial charge on any atom is -0.362 e. The molecule has 1 amide bonds. The van der Waals surface area contributed by atoms with Gasteiger partial charge in [-0.25, -0.2) is 4.68 Å². The molecule has 10 heteroatoms. The monoisotopic (exact) mass is 308 g/mol. The standard InChI is InChI=1S/C12H16N6O4/c1-8-12(18(20)21)9(2)17(15-8)6-11(19)14-10-4-13-16(5-10)7-22-3/h4-5H,6-7H2,1-3H3,(H,14,19). The van der Waals surface area contributed by atoms with E-state index in [0.29, 0.717) is 11.4 Å². The van der Waals surface area contributed by atoms with E-state index in [-0.39, 0.29) is 30.6 Å². The lowest BCUT2D eigenvalue weighted by Gasteiger charge is -2.04. The fraction of sp³-hybridized carbons (Fsp3) is 0.417. The molecule has 2 heterocycles. The summed E-state index contributed by atoms with van der Waals surface area (Å²) in [6, 6.07) is 0. The second-order valence-electron chi connectivity index (χ2n) is 4.67. The van der Waals surface area contributed by atoms with Crippen LogP contribution >= 0.6 is 0 Å². The van der Waals surface area contributed by atoms with E-state index in [1.165, 1.54) is 29.6 Å². The molecule has 0 aliphatic rings. The van der Waals surface area contributed by atoms with Gasteiger partial charge in [-0.1, -0.05) is 0 Å². The molecule has 22 heavy (non-hydrogen) atoms. The summed E-state index contributed by atoms with van der Waals surface area (Å²) in [5.41, 5.74) is 1.06. The fourth-order valence-corrected chi connectivity index (χ4v) is 2.07. The number of anilines is 1. The van der Waals surface area contributed by atoms with Crippen molar-refractivity contribution < 1.29 is 14.5 Å². The van der Waals surface area contributed by atoms with Crippen molar-refractivity contribution in [3.05, 3.63) is 33.9 Å². The van der Waals surface area contributed by atoms with Crippen molar-refractivity contribution in [2.24, 2.45) is 0 Å². The summed E-state index contributed by atoms with van der Waals surface area (Å²) < 4.78 is 7.73. The van der Waals surface area contributed by atoms with Gasteiger partial charge in [-0.05, 0) is 13.8 Å². The molecule has 0 atom stereocenters. The van der Waals surface area contributed by atoms with Gasteiger partial charge < -0.3 is 10.1 Å². The third-order valence-corrected chi connectivity index (χ3v) is 3.00. The molecule has 0 aliphatic carbocycles. The molecule has 0 bridgehead atoms. The first-order chi connectivity index (χ1) is 10.4. The Kier molecular flexibility index (Phi) is 4.51. The number of aromatic nitrogens is 4. The smallest absolute Gasteiger partial charge is 0.312 e. The van der Waals surface area contributed by atoms with Crippen LogP contribution in [0.1, 0.15) is 11.4 Å². The summed E-state index contributed by atoms with van der Waals surface area (Å²) in [6.07, 6.45) is 3.10. The first-order valence-corrected chi connectivity index (χ1v) is 6.42. The van der Waals surface area contributed by atoms with Crippen LogP contribution < -0.4 is 5.32 Å². The van der Waals surface area contributed by atoms with Gasteiger partial charge in [0.25, 0.3) is 0 Å². The predicted octanol–water partition coefficient (Wildman–Crippen LogP) is 0.847. The fourth-order valence-electron chi connectivity index (χ4n) is 2.07. The van der Waals surface area contributed by atoms with Gasteiger partial charge in [0.15, 0.2) is 0 Å². The predicted molar refractivity (Wildman–Crippen MR) is 76.2 cm³/mol. The molecule has 0 aliphatic heterocycles. The number of nitro groups is 1. The van der Waals surface area contributed by atoms with Gasteiger partial charge in [-0.3, -0.25) is 19.6 Å². The number of nitrogens with zero attached hydrogens (tertiary/aromatic N) is 5. The number of amides is 1. The molecule has 0 fully saturated rings. The zero-order valence-corrected chi connectivity index (χ0v) is 12.4. The SMILES string of the molecule is COCn1cc(NC(=O)Cn2nc(C)c([N+](=O)[O-])c2C)cn1. The van der Waals surface area contributed by atoms with Crippen LogP contribution in [0.25, 0.3) is 0 Å². The highest BCUT2D eigenvalue weighted by molar-refractivity contribution is 5.90. The summed E-state index contributed by atoms with van der Waals surface area (Å²) in [7, 11) is 1.54. The molecule has 0 unspecified atom stereocenters. The minimum atomic E-state index is -0.499. The van der Waals surface area contributed by atoms with Crippen LogP contribution in [0, 0.1) is 24.0 Å². The number of methoxy groups -OCH3 is 1. The van der Waals surface area contributed by atoms with Crippen LogP contribution in [0.15, 0.2) is 12.4 Å². The molecular weight excluding hydrogens is 292 g/mol. The second-order valence-corrected chi connectivity index (χ2v) is 4.67. The Labute approximate surface area is 125 Å². The Morgan fingerprint density at radius 1 is 1.50 bits per heavy atom. The maximum Gasteiger partial charge on any atom is 0.312 e. The lowest BCUT2D eigenvalue weighted by atomic mass is 10.3. The highest BCUT2D eigenvalue weighted by Crippen LogP contribution is 2.21. The molecule has 2 aromatic rings. The molecule has 118 valence electrons. The van der Waals surface area contributed by atoms with Crippen LogP contribution in [0.4, 0.5) is 11.4 Å². The molecule has 1 N–H and O–H groups in total. The van der Waals surface area contributed by atoms with Gasteiger partial charge in [-0.2, -0.15) is 10.2 Å². The molecule has 0 saturated heterocycles. The number of rotatable bonds is 6. The summed E-state index contributed by atoms with van der Waals surface area (Å²) >= 11 is 0. The van der Waals surface area contributed by atoms with Gasteiger partial charge >= 0.3 is 5.69 Å². The van der Waals surface area contributed by atoms with Crippen molar-refractivity contribution in [2.45, 2.75) is 27.1 Å². The largest absolute Gasteiger partial charge is 0.362 e. The number of nitrogens with one attached hydrogen (secondary N) is 1. The Bertz CT molecular complexity index is 705. The maximum absolute atomic E-state index is 12.0. The lowest BCUT2D eigenvalue weighted by molar-refractivity contribution is -0.386. The summed E-state index contributed by atoms with van der Waals surface area (Å²) in [5, 5.41) is 21.6. The van der Waals surface area contributed by atoms with Gasteiger partial charge in [0.2, 0.25) is 5.91 Å². The maximum atomic E-state index is 12.0. The van der Waals surface area contributed by atoms with Gasteiger partial charge in [0.1, 0.15) is 24.7 Å². The quantitative estimate of drug-likeness (QED) is 0.624. The third kappa shape index (κ3) is 3.28. The lowest BCUT2D eigenvalue weighted by Crippen LogP contribution is -2.20. The highest BCUT2D eigenvalue weighted by atomic mass is 16.6. The van der Waals surface area contributed by atoms with E-state index < -0.39 is 4.92 Å². The van der Waals surface area contributed by atoms with E-state index in [0.717, 1.165) is 0 Å². The molecule has 0 saturated carbocycles. The van der Waals surface area contributed by atoms with Crippen LogP contribution in [-0.2, 0) is 22.8 Å². The molecule has 0 spiro atoms. The Hall–Kier alpha value is -2.75. The van der Waals surface area contributed by atoms with Gasteiger partial charge in [0, 0.05) is 7.11 Å². The van der Waals surface area contributed by atoms with Gasteiger partial charge in [0.05, 0.1) is 23.0 Å². The zero-order valence-electron chi connectivity index (χ0n) is 12.4. The average Bonchev–Trinajstić information content (AvgIpc) is 2.95.